The summed E-state index contributed by atoms with van der Waals surface area (Å²) in [7, 11) is 4.15. The zero-order valence-electron chi connectivity index (χ0n) is 8.44. The maximum Gasteiger partial charge on any atom is 0.211 e. The Morgan fingerprint density at radius 3 is 2.31 bits per heavy atom. The van der Waals surface area contributed by atoms with E-state index in [4.69, 9.17) is 0 Å². The maximum absolute atomic E-state index is 4.22. The van der Waals surface area contributed by atoms with Gasteiger partial charge in [-0.1, -0.05) is 0 Å². The number of pyridine rings is 1. The predicted octanol–water partition coefficient (Wildman–Crippen LogP) is 1.48. The Hall–Kier alpha value is -0.540. The van der Waals surface area contributed by atoms with Gasteiger partial charge in [0.15, 0.2) is 12.4 Å². The van der Waals surface area contributed by atoms with Crippen LogP contribution in [0.4, 0.5) is 0 Å². The average Bonchev–Trinajstić information content (AvgIpc) is 2.17. The van der Waals surface area contributed by atoms with Crippen molar-refractivity contribution in [3.63, 3.8) is 0 Å². The van der Waals surface area contributed by atoms with Gasteiger partial charge in [-0.05, 0) is 19.7 Å². The molecule has 3 heteroatoms. The van der Waals surface area contributed by atoms with Crippen molar-refractivity contribution in [1.82, 2.24) is 4.90 Å². The Morgan fingerprint density at radius 2 is 1.92 bits per heavy atom. The predicted molar refractivity (Wildman–Crippen MR) is 57.7 cm³/mol. The Balaban J connectivity index is 2.79. The highest BCUT2D eigenvalue weighted by Gasteiger charge is 2.12. The molecule has 1 aromatic rings. The second-order valence-corrected chi connectivity index (χ2v) is 3.72. The molecule has 0 saturated heterocycles. The summed E-state index contributed by atoms with van der Waals surface area (Å²) in [6.07, 6.45) is 4.58. The third kappa shape index (κ3) is 2.71. The SMILES string of the molecule is CC(N(C)C)[n+]1ccc(CS)cc1. The molecule has 0 saturated carbocycles. The van der Waals surface area contributed by atoms with Crippen LogP contribution < -0.4 is 4.57 Å². The van der Waals surface area contributed by atoms with Crippen molar-refractivity contribution in [2.75, 3.05) is 14.1 Å². The lowest BCUT2D eigenvalue weighted by molar-refractivity contribution is -0.738. The molecule has 0 aliphatic rings. The molecule has 0 fully saturated rings. The molecular formula is C10H17N2S+. The molecule has 0 spiro atoms. The summed E-state index contributed by atoms with van der Waals surface area (Å²) in [6.45, 7) is 2.17. The highest BCUT2D eigenvalue weighted by molar-refractivity contribution is 7.79. The number of aromatic nitrogens is 1. The average molecular weight is 197 g/mol. The first-order chi connectivity index (χ1) is 6.15. The van der Waals surface area contributed by atoms with E-state index in [1.54, 1.807) is 0 Å². The quantitative estimate of drug-likeness (QED) is 0.569. The van der Waals surface area contributed by atoms with Crippen LogP contribution in [0.5, 0.6) is 0 Å². The molecule has 13 heavy (non-hydrogen) atoms. The van der Waals surface area contributed by atoms with Crippen LogP contribution in [0.2, 0.25) is 0 Å². The van der Waals surface area contributed by atoms with E-state index in [2.05, 4.69) is 67.6 Å². The van der Waals surface area contributed by atoms with Crippen molar-refractivity contribution in [3.05, 3.63) is 30.1 Å². The summed E-state index contributed by atoms with van der Waals surface area (Å²) in [4.78, 5) is 2.17. The maximum atomic E-state index is 4.22. The van der Waals surface area contributed by atoms with E-state index in [-0.39, 0.29) is 0 Å². The molecule has 1 aromatic heterocycles. The molecule has 1 heterocycles. The second-order valence-electron chi connectivity index (χ2n) is 3.41. The number of thiol groups is 1. The van der Waals surface area contributed by atoms with E-state index in [0.717, 1.165) is 5.75 Å². The van der Waals surface area contributed by atoms with E-state index in [0.29, 0.717) is 6.17 Å². The first-order valence-electron chi connectivity index (χ1n) is 4.42. The fourth-order valence-electron chi connectivity index (χ4n) is 1.09. The molecule has 0 amide bonds. The van der Waals surface area contributed by atoms with Gasteiger partial charge in [-0.15, -0.1) is 0 Å². The molecule has 1 rings (SSSR count). The normalized spacial score (nSPS) is 13.3. The van der Waals surface area contributed by atoms with Gasteiger partial charge in [0, 0.05) is 24.8 Å². The second kappa shape index (κ2) is 4.63. The highest BCUT2D eigenvalue weighted by atomic mass is 32.1. The molecule has 0 bridgehead atoms. The zero-order valence-corrected chi connectivity index (χ0v) is 9.33. The van der Waals surface area contributed by atoms with Crippen molar-refractivity contribution in [1.29, 1.82) is 0 Å². The largest absolute Gasteiger partial charge is 0.252 e. The van der Waals surface area contributed by atoms with Gasteiger partial charge in [-0.2, -0.15) is 17.2 Å². The van der Waals surface area contributed by atoms with E-state index >= 15 is 0 Å². The first kappa shape index (κ1) is 10.5. The summed E-state index contributed by atoms with van der Waals surface area (Å²) in [6, 6.07) is 4.21. The van der Waals surface area contributed by atoms with Crippen LogP contribution in [0, 0.1) is 0 Å². The Bertz CT molecular complexity index is 256. The van der Waals surface area contributed by atoms with Crippen molar-refractivity contribution in [2.45, 2.75) is 18.8 Å². The number of nitrogens with zero attached hydrogens (tertiary/aromatic N) is 2. The summed E-state index contributed by atoms with van der Waals surface area (Å²) < 4.78 is 2.17. The van der Waals surface area contributed by atoms with Crippen LogP contribution in [0.1, 0.15) is 18.7 Å². The lowest BCUT2D eigenvalue weighted by Gasteiger charge is -2.14. The highest BCUT2D eigenvalue weighted by Crippen LogP contribution is 2.02. The minimum atomic E-state index is 0.397. The molecule has 0 aromatic carbocycles. The van der Waals surface area contributed by atoms with Crippen LogP contribution in [0.25, 0.3) is 0 Å². The molecule has 1 atom stereocenters. The van der Waals surface area contributed by atoms with Crippen molar-refractivity contribution in [3.8, 4) is 0 Å². The third-order valence-corrected chi connectivity index (χ3v) is 2.65. The molecule has 0 aliphatic carbocycles. The lowest BCUT2D eigenvalue weighted by atomic mass is 10.3. The Kier molecular flexibility index (Phi) is 3.75. The van der Waals surface area contributed by atoms with Gasteiger partial charge in [0.25, 0.3) is 0 Å². The number of hydrogen-bond donors (Lipinski definition) is 1. The fraction of sp³-hybridized carbons (Fsp3) is 0.500. The summed E-state index contributed by atoms with van der Waals surface area (Å²) >= 11 is 4.22. The van der Waals surface area contributed by atoms with Crippen molar-refractivity contribution < 1.29 is 4.57 Å². The minimum Gasteiger partial charge on any atom is -0.252 e. The summed E-state index contributed by atoms with van der Waals surface area (Å²) in [5.41, 5.74) is 1.26. The lowest BCUT2D eigenvalue weighted by Crippen LogP contribution is -2.44. The van der Waals surface area contributed by atoms with E-state index < -0.39 is 0 Å². The van der Waals surface area contributed by atoms with Crippen LogP contribution in [-0.2, 0) is 5.75 Å². The summed E-state index contributed by atoms with van der Waals surface area (Å²) in [5.74, 6) is 0.803. The van der Waals surface area contributed by atoms with Crippen LogP contribution in [0.3, 0.4) is 0 Å². The van der Waals surface area contributed by atoms with E-state index in [1.165, 1.54) is 5.56 Å². The topological polar surface area (TPSA) is 7.12 Å². The fourth-order valence-corrected chi connectivity index (χ4v) is 1.30. The van der Waals surface area contributed by atoms with Gasteiger partial charge in [-0.25, -0.2) is 0 Å². The molecule has 2 nitrogen and oxygen atoms in total. The van der Waals surface area contributed by atoms with Gasteiger partial charge in [0.05, 0.1) is 0 Å². The number of rotatable bonds is 3. The third-order valence-electron chi connectivity index (χ3n) is 2.28. The van der Waals surface area contributed by atoms with Crippen molar-refractivity contribution >= 4 is 12.6 Å². The van der Waals surface area contributed by atoms with E-state index in [1.807, 2.05) is 0 Å². The van der Waals surface area contributed by atoms with Gasteiger partial charge in [-0.3, -0.25) is 4.90 Å². The van der Waals surface area contributed by atoms with Crippen molar-refractivity contribution in [2.24, 2.45) is 0 Å². The van der Waals surface area contributed by atoms with E-state index in [9.17, 15) is 0 Å². The van der Waals surface area contributed by atoms with Crippen LogP contribution in [-0.4, -0.2) is 19.0 Å². The Morgan fingerprint density at radius 1 is 1.38 bits per heavy atom. The van der Waals surface area contributed by atoms with Crippen LogP contribution in [0.15, 0.2) is 24.5 Å². The first-order valence-corrected chi connectivity index (χ1v) is 5.05. The Labute approximate surface area is 85.6 Å². The molecule has 1 unspecified atom stereocenters. The van der Waals surface area contributed by atoms with Gasteiger partial charge in [0.1, 0.15) is 0 Å². The van der Waals surface area contributed by atoms with Crippen LogP contribution >= 0.6 is 12.6 Å². The smallest absolute Gasteiger partial charge is 0.211 e. The molecule has 0 aliphatic heterocycles. The van der Waals surface area contributed by atoms with Gasteiger partial charge >= 0.3 is 0 Å². The molecular weight excluding hydrogens is 180 g/mol. The summed E-state index contributed by atoms with van der Waals surface area (Å²) in [5, 5.41) is 0. The molecule has 72 valence electrons. The zero-order chi connectivity index (χ0) is 9.84. The standard InChI is InChI=1S/C10H16N2S/c1-9(11(2)3)12-6-4-10(8-13)5-7-12/h4-7,9H,8H2,1-3H3/p+1. The molecule has 0 radical (unpaired) electrons. The number of hydrogen-bond acceptors (Lipinski definition) is 2. The molecule has 0 N–H and O–H groups in total. The minimum absolute atomic E-state index is 0.397. The van der Waals surface area contributed by atoms with Gasteiger partial charge < -0.3 is 0 Å². The monoisotopic (exact) mass is 197 g/mol. The van der Waals surface area contributed by atoms with Gasteiger partial charge in [0.2, 0.25) is 6.17 Å².